The number of hydrogen-bond acceptors (Lipinski definition) is 5. The lowest BCUT2D eigenvalue weighted by atomic mass is 10.2. The number of aryl methyl sites for hydroxylation is 1. The van der Waals surface area contributed by atoms with Gasteiger partial charge in [0.2, 0.25) is 0 Å². The molecule has 0 amide bonds. The van der Waals surface area contributed by atoms with Crippen LogP contribution in [0.5, 0.6) is 5.75 Å². The van der Waals surface area contributed by atoms with Crippen molar-refractivity contribution in [2.75, 3.05) is 6.61 Å². The second kappa shape index (κ2) is 5.67. The maximum absolute atomic E-state index is 10.9. The molecule has 6 nitrogen and oxygen atoms in total. The average molecular weight is 261 g/mol. The number of rotatable bonds is 6. The van der Waals surface area contributed by atoms with E-state index in [2.05, 4.69) is 11.4 Å². The molecule has 1 atom stereocenters. The molecule has 0 bridgehead atoms. The number of nitro groups is 1. The van der Waals surface area contributed by atoms with Crippen molar-refractivity contribution in [3.05, 3.63) is 33.9 Å². The van der Waals surface area contributed by atoms with Crippen molar-refractivity contribution >= 4 is 5.69 Å². The first-order valence-corrected chi connectivity index (χ1v) is 6.13. The van der Waals surface area contributed by atoms with E-state index in [0.29, 0.717) is 6.04 Å². The van der Waals surface area contributed by atoms with Gasteiger partial charge in [0.05, 0.1) is 11.0 Å². The standard InChI is InChI=1S/C13H15N3O3/c1-9-2-5-12(16(17)18)13(6-9)19-8-11(7-14)15-10-3-4-10/h2,5-6,10-11,15H,3-4,8H2,1H3. The molecule has 0 saturated heterocycles. The van der Waals surface area contributed by atoms with Crippen LogP contribution in [0.1, 0.15) is 18.4 Å². The normalized spacial score (nSPS) is 15.6. The Bertz CT molecular complexity index is 520. The number of nitrogens with one attached hydrogen (secondary N) is 1. The molecule has 0 aromatic heterocycles. The summed E-state index contributed by atoms with van der Waals surface area (Å²) in [6, 6.07) is 6.75. The van der Waals surface area contributed by atoms with Crippen LogP contribution in [0.15, 0.2) is 18.2 Å². The summed E-state index contributed by atoms with van der Waals surface area (Å²) < 4.78 is 5.43. The van der Waals surface area contributed by atoms with Gasteiger partial charge in [-0.3, -0.25) is 15.4 Å². The van der Waals surface area contributed by atoms with Crippen LogP contribution in [0.25, 0.3) is 0 Å². The Hall–Kier alpha value is -2.13. The summed E-state index contributed by atoms with van der Waals surface area (Å²) in [6.07, 6.45) is 2.14. The van der Waals surface area contributed by atoms with Crippen LogP contribution in [0.4, 0.5) is 5.69 Å². The highest BCUT2D eigenvalue weighted by Gasteiger charge is 2.25. The lowest BCUT2D eigenvalue weighted by molar-refractivity contribution is -0.385. The molecule has 0 aliphatic heterocycles. The molecule has 1 aliphatic rings. The second-order valence-electron chi connectivity index (χ2n) is 4.66. The highest BCUT2D eigenvalue weighted by molar-refractivity contribution is 5.48. The van der Waals surface area contributed by atoms with Gasteiger partial charge in [0.25, 0.3) is 0 Å². The van der Waals surface area contributed by atoms with Crippen molar-refractivity contribution in [2.45, 2.75) is 31.8 Å². The van der Waals surface area contributed by atoms with Gasteiger partial charge in [-0.15, -0.1) is 0 Å². The number of hydrogen-bond donors (Lipinski definition) is 1. The SMILES string of the molecule is Cc1ccc([N+](=O)[O-])c(OCC(C#N)NC2CC2)c1. The molecule has 1 fully saturated rings. The summed E-state index contributed by atoms with van der Waals surface area (Å²) in [6.45, 7) is 1.94. The van der Waals surface area contributed by atoms with Crippen molar-refractivity contribution < 1.29 is 9.66 Å². The van der Waals surface area contributed by atoms with Gasteiger partial charge in [-0.25, -0.2) is 0 Å². The first-order chi connectivity index (χ1) is 9.10. The van der Waals surface area contributed by atoms with Crippen LogP contribution < -0.4 is 10.1 Å². The van der Waals surface area contributed by atoms with Gasteiger partial charge in [-0.2, -0.15) is 5.26 Å². The van der Waals surface area contributed by atoms with E-state index < -0.39 is 11.0 Å². The molecule has 100 valence electrons. The minimum Gasteiger partial charge on any atom is -0.484 e. The van der Waals surface area contributed by atoms with Gasteiger partial charge >= 0.3 is 5.69 Å². The molecule has 0 spiro atoms. The molecule has 6 heteroatoms. The van der Waals surface area contributed by atoms with E-state index in [-0.39, 0.29) is 18.0 Å². The zero-order valence-electron chi connectivity index (χ0n) is 10.6. The molecule has 1 aromatic carbocycles. The fraction of sp³-hybridized carbons (Fsp3) is 0.462. The van der Waals surface area contributed by atoms with Crippen molar-refractivity contribution in [1.29, 1.82) is 5.26 Å². The van der Waals surface area contributed by atoms with Gasteiger partial charge in [0.15, 0.2) is 5.75 Å². The fourth-order valence-electron chi connectivity index (χ4n) is 1.72. The molecule has 1 N–H and O–H groups in total. The number of nitrogens with zero attached hydrogens (tertiary/aromatic N) is 2. The molecule has 0 heterocycles. The first kappa shape index (κ1) is 13.3. The molecule has 1 aromatic rings. The Morgan fingerprint density at radius 2 is 2.37 bits per heavy atom. The molecule has 2 rings (SSSR count). The summed E-state index contributed by atoms with van der Waals surface area (Å²) in [4.78, 5) is 10.4. The molecule has 0 radical (unpaired) electrons. The Labute approximate surface area is 111 Å². The summed E-state index contributed by atoms with van der Waals surface area (Å²) in [5, 5.41) is 23.0. The Balaban J connectivity index is 2.02. The van der Waals surface area contributed by atoms with Crippen molar-refractivity contribution in [3.63, 3.8) is 0 Å². The summed E-state index contributed by atoms with van der Waals surface area (Å²) in [5.74, 6) is 0.211. The van der Waals surface area contributed by atoms with E-state index in [4.69, 9.17) is 10.00 Å². The highest BCUT2D eigenvalue weighted by atomic mass is 16.6. The summed E-state index contributed by atoms with van der Waals surface area (Å²) >= 11 is 0. The minimum atomic E-state index is -0.482. The largest absolute Gasteiger partial charge is 0.484 e. The van der Waals surface area contributed by atoms with E-state index in [0.717, 1.165) is 18.4 Å². The highest BCUT2D eigenvalue weighted by Crippen LogP contribution is 2.28. The second-order valence-corrected chi connectivity index (χ2v) is 4.66. The Kier molecular flexibility index (Phi) is 3.97. The quantitative estimate of drug-likeness (QED) is 0.624. The van der Waals surface area contributed by atoms with Crippen LogP contribution >= 0.6 is 0 Å². The molecular formula is C13H15N3O3. The monoisotopic (exact) mass is 261 g/mol. The van der Waals surface area contributed by atoms with E-state index in [1.807, 2.05) is 6.92 Å². The summed E-state index contributed by atoms with van der Waals surface area (Å²) in [7, 11) is 0. The third-order valence-corrected chi connectivity index (χ3v) is 2.89. The van der Waals surface area contributed by atoms with Crippen LogP contribution in [0.2, 0.25) is 0 Å². The van der Waals surface area contributed by atoms with Crippen LogP contribution in [0.3, 0.4) is 0 Å². The first-order valence-electron chi connectivity index (χ1n) is 6.13. The molecule has 1 aliphatic carbocycles. The van der Waals surface area contributed by atoms with Crippen molar-refractivity contribution in [2.24, 2.45) is 0 Å². The minimum absolute atomic E-state index is 0.0753. The zero-order chi connectivity index (χ0) is 13.8. The van der Waals surface area contributed by atoms with Crippen molar-refractivity contribution in [3.8, 4) is 11.8 Å². The van der Waals surface area contributed by atoms with E-state index in [1.54, 1.807) is 12.1 Å². The van der Waals surface area contributed by atoms with E-state index in [1.165, 1.54) is 6.07 Å². The van der Waals surface area contributed by atoms with Gasteiger partial charge in [0, 0.05) is 12.1 Å². The zero-order valence-corrected chi connectivity index (χ0v) is 10.6. The predicted octanol–water partition coefficient (Wildman–Crippen LogP) is 1.93. The third-order valence-electron chi connectivity index (χ3n) is 2.89. The van der Waals surface area contributed by atoms with Crippen molar-refractivity contribution in [1.82, 2.24) is 5.32 Å². The van der Waals surface area contributed by atoms with Crippen LogP contribution in [0, 0.1) is 28.4 Å². The van der Waals surface area contributed by atoms with Gasteiger partial charge in [-0.1, -0.05) is 6.07 Å². The summed E-state index contributed by atoms with van der Waals surface area (Å²) in [5.41, 5.74) is 0.804. The smallest absolute Gasteiger partial charge is 0.310 e. The molecule has 1 unspecified atom stereocenters. The lowest BCUT2D eigenvalue weighted by Gasteiger charge is -2.12. The number of nitriles is 1. The Morgan fingerprint density at radius 1 is 1.63 bits per heavy atom. The molecule has 19 heavy (non-hydrogen) atoms. The molecule has 1 saturated carbocycles. The number of benzene rings is 1. The number of nitro benzene ring substituents is 1. The third kappa shape index (κ3) is 3.66. The molecular weight excluding hydrogens is 246 g/mol. The number of ether oxygens (including phenoxy) is 1. The lowest BCUT2D eigenvalue weighted by Crippen LogP contribution is -2.34. The Morgan fingerprint density at radius 3 is 2.95 bits per heavy atom. The average Bonchev–Trinajstić information content (AvgIpc) is 3.18. The topological polar surface area (TPSA) is 88.2 Å². The van der Waals surface area contributed by atoms with Crippen LogP contribution in [-0.2, 0) is 0 Å². The van der Waals surface area contributed by atoms with Crippen LogP contribution in [-0.4, -0.2) is 23.6 Å². The van der Waals surface area contributed by atoms with E-state index >= 15 is 0 Å². The maximum atomic E-state index is 10.9. The maximum Gasteiger partial charge on any atom is 0.310 e. The van der Waals surface area contributed by atoms with Gasteiger partial charge in [0.1, 0.15) is 12.6 Å². The fourth-order valence-corrected chi connectivity index (χ4v) is 1.72. The van der Waals surface area contributed by atoms with Gasteiger partial charge < -0.3 is 4.74 Å². The predicted molar refractivity (Wildman–Crippen MR) is 68.9 cm³/mol. The van der Waals surface area contributed by atoms with E-state index in [9.17, 15) is 10.1 Å². The van der Waals surface area contributed by atoms with Gasteiger partial charge in [-0.05, 0) is 31.4 Å².